The summed E-state index contributed by atoms with van der Waals surface area (Å²) >= 11 is 0. The Morgan fingerprint density at radius 3 is 1.89 bits per heavy atom. The second-order valence-corrected chi connectivity index (χ2v) is 9.73. The van der Waals surface area contributed by atoms with Crippen LogP contribution in [0.2, 0.25) is 0 Å². The molecule has 0 saturated heterocycles. The highest BCUT2D eigenvalue weighted by Crippen LogP contribution is 2.12. The SMILES string of the molecule is CC(C)CC(N)C(=O)NC(C(=O)NC(CCC(=O)O)C(=O)NC(Cc1ccc(O)cc1)C(=O)O)C(C)C. The van der Waals surface area contributed by atoms with Crippen LogP contribution in [0.3, 0.4) is 0 Å². The van der Waals surface area contributed by atoms with Crippen molar-refractivity contribution in [1.82, 2.24) is 16.0 Å². The Balaban J connectivity index is 3.02. The van der Waals surface area contributed by atoms with Gasteiger partial charge in [0, 0.05) is 12.8 Å². The third-order valence-electron chi connectivity index (χ3n) is 5.58. The van der Waals surface area contributed by atoms with Crippen LogP contribution in [0.25, 0.3) is 0 Å². The monoisotopic (exact) mass is 522 g/mol. The van der Waals surface area contributed by atoms with Gasteiger partial charge in [0.25, 0.3) is 0 Å². The van der Waals surface area contributed by atoms with E-state index in [9.17, 15) is 34.2 Å². The number of aliphatic carboxylic acids is 2. The molecule has 0 saturated carbocycles. The maximum atomic E-state index is 13.0. The summed E-state index contributed by atoms with van der Waals surface area (Å²) in [6.45, 7) is 7.17. The van der Waals surface area contributed by atoms with E-state index in [2.05, 4.69) is 16.0 Å². The molecule has 0 aromatic heterocycles. The Morgan fingerprint density at radius 1 is 0.838 bits per heavy atom. The minimum absolute atomic E-state index is 0.00642. The molecule has 4 unspecified atom stereocenters. The van der Waals surface area contributed by atoms with Gasteiger partial charge in [-0.1, -0.05) is 39.8 Å². The van der Waals surface area contributed by atoms with Crippen LogP contribution in [0.5, 0.6) is 5.75 Å². The van der Waals surface area contributed by atoms with Crippen molar-refractivity contribution in [1.29, 1.82) is 0 Å². The number of carboxylic acid groups (broad SMARTS) is 2. The molecular weight excluding hydrogens is 484 g/mol. The molecule has 12 heteroatoms. The first-order valence-electron chi connectivity index (χ1n) is 12.1. The van der Waals surface area contributed by atoms with E-state index in [1.165, 1.54) is 24.3 Å². The number of amides is 3. The lowest BCUT2D eigenvalue weighted by Gasteiger charge is -2.27. The van der Waals surface area contributed by atoms with Gasteiger partial charge in [-0.15, -0.1) is 0 Å². The number of hydrogen-bond acceptors (Lipinski definition) is 7. The molecule has 206 valence electrons. The Labute approximate surface area is 216 Å². The molecule has 0 spiro atoms. The zero-order valence-corrected chi connectivity index (χ0v) is 21.6. The lowest BCUT2D eigenvalue weighted by atomic mass is 9.99. The molecule has 1 aromatic rings. The largest absolute Gasteiger partial charge is 0.508 e. The van der Waals surface area contributed by atoms with Crippen molar-refractivity contribution in [3.05, 3.63) is 29.8 Å². The molecule has 37 heavy (non-hydrogen) atoms. The second-order valence-electron chi connectivity index (χ2n) is 9.73. The van der Waals surface area contributed by atoms with E-state index in [1.54, 1.807) is 13.8 Å². The quantitative estimate of drug-likeness (QED) is 0.169. The number of nitrogens with two attached hydrogens (primary N) is 1. The highest BCUT2D eigenvalue weighted by atomic mass is 16.4. The Morgan fingerprint density at radius 2 is 1.41 bits per heavy atom. The van der Waals surface area contributed by atoms with E-state index in [-0.39, 0.29) is 30.4 Å². The Kier molecular flexibility index (Phi) is 12.5. The van der Waals surface area contributed by atoms with Crippen LogP contribution in [-0.4, -0.2) is 69.1 Å². The minimum Gasteiger partial charge on any atom is -0.508 e. The number of phenolic OH excluding ortho intramolecular Hbond substituents is 1. The molecule has 0 radical (unpaired) electrons. The molecule has 0 aliphatic heterocycles. The van der Waals surface area contributed by atoms with Gasteiger partial charge >= 0.3 is 11.9 Å². The summed E-state index contributed by atoms with van der Waals surface area (Å²) in [6, 6.07) is 1.11. The highest BCUT2D eigenvalue weighted by molar-refractivity contribution is 5.94. The number of carbonyl (C=O) groups is 5. The normalized spacial score (nSPS) is 14.4. The van der Waals surface area contributed by atoms with E-state index >= 15 is 0 Å². The molecule has 1 rings (SSSR count). The third-order valence-corrected chi connectivity index (χ3v) is 5.58. The fourth-order valence-corrected chi connectivity index (χ4v) is 3.55. The van der Waals surface area contributed by atoms with Gasteiger partial charge in [-0.25, -0.2) is 4.79 Å². The summed E-state index contributed by atoms with van der Waals surface area (Å²) in [6.07, 6.45) is -0.477. The topological polar surface area (TPSA) is 208 Å². The van der Waals surface area contributed by atoms with Crippen molar-refractivity contribution in [3.63, 3.8) is 0 Å². The van der Waals surface area contributed by atoms with Crippen LogP contribution in [0.1, 0.15) is 52.5 Å². The molecule has 0 bridgehead atoms. The highest BCUT2D eigenvalue weighted by Gasteiger charge is 2.32. The predicted octanol–water partition coefficient (Wildman–Crippen LogP) is 0.368. The van der Waals surface area contributed by atoms with Crippen LogP contribution >= 0.6 is 0 Å². The van der Waals surface area contributed by atoms with Crippen molar-refractivity contribution < 1.29 is 39.3 Å². The Hall–Kier alpha value is -3.67. The first-order valence-corrected chi connectivity index (χ1v) is 12.1. The maximum Gasteiger partial charge on any atom is 0.326 e. The smallest absolute Gasteiger partial charge is 0.326 e. The lowest BCUT2D eigenvalue weighted by molar-refractivity contribution is -0.143. The fourth-order valence-electron chi connectivity index (χ4n) is 3.55. The summed E-state index contributed by atoms with van der Waals surface area (Å²) in [4.78, 5) is 61.4. The van der Waals surface area contributed by atoms with Crippen LogP contribution < -0.4 is 21.7 Å². The van der Waals surface area contributed by atoms with Crippen LogP contribution in [0.15, 0.2) is 24.3 Å². The molecule has 1 aromatic carbocycles. The molecule has 3 amide bonds. The molecule has 12 nitrogen and oxygen atoms in total. The van der Waals surface area contributed by atoms with Crippen molar-refractivity contribution in [2.45, 2.75) is 77.5 Å². The summed E-state index contributed by atoms with van der Waals surface area (Å²) < 4.78 is 0. The zero-order chi connectivity index (χ0) is 28.3. The van der Waals surface area contributed by atoms with E-state index < -0.39 is 60.2 Å². The number of benzene rings is 1. The van der Waals surface area contributed by atoms with Gasteiger partial charge in [0.15, 0.2) is 0 Å². The number of hydrogen-bond donors (Lipinski definition) is 7. The van der Waals surface area contributed by atoms with E-state index in [0.717, 1.165) is 0 Å². The first-order chi connectivity index (χ1) is 17.2. The van der Waals surface area contributed by atoms with Crippen molar-refractivity contribution in [2.24, 2.45) is 17.6 Å². The summed E-state index contributed by atoms with van der Waals surface area (Å²) in [5, 5.41) is 35.5. The van der Waals surface area contributed by atoms with E-state index in [0.29, 0.717) is 12.0 Å². The van der Waals surface area contributed by atoms with Crippen LogP contribution in [0.4, 0.5) is 0 Å². The van der Waals surface area contributed by atoms with Gasteiger partial charge in [-0.05, 0) is 42.4 Å². The van der Waals surface area contributed by atoms with Gasteiger partial charge in [-0.2, -0.15) is 0 Å². The number of carbonyl (C=O) groups excluding carboxylic acids is 3. The Bertz CT molecular complexity index is 949. The third kappa shape index (κ3) is 11.3. The van der Waals surface area contributed by atoms with Crippen LogP contribution in [0, 0.1) is 11.8 Å². The number of nitrogens with one attached hydrogen (secondary N) is 3. The number of rotatable bonds is 15. The average Bonchev–Trinajstić information content (AvgIpc) is 2.79. The van der Waals surface area contributed by atoms with Crippen molar-refractivity contribution in [3.8, 4) is 5.75 Å². The van der Waals surface area contributed by atoms with E-state index in [1.807, 2.05) is 13.8 Å². The number of aromatic hydroxyl groups is 1. The lowest BCUT2D eigenvalue weighted by Crippen LogP contribution is -2.58. The van der Waals surface area contributed by atoms with Gasteiger partial charge in [0.1, 0.15) is 23.9 Å². The molecule has 0 aliphatic rings. The van der Waals surface area contributed by atoms with Gasteiger partial charge in [-0.3, -0.25) is 19.2 Å². The first kappa shape index (κ1) is 31.4. The fraction of sp³-hybridized carbons (Fsp3) is 0.560. The van der Waals surface area contributed by atoms with Crippen LogP contribution in [-0.2, 0) is 30.4 Å². The van der Waals surface area contributed by atoms with Gasteiger partial charge in [0.2, 0.25) is 17.7 Å². The van der Waals surface area contributed by atoms with Crippen molar-refractivity contribution in [2.75, 3.05) is 0 Å². The molecule has 4 atom stereocenters. The molecule has 0 aliphatic carbocycles. The summed E-state index contributed by atoms with van der Waals surface area (Å²) in [5.74, 6) is -4.93. The standard InChI is InChI=1S/C25H38N4O8/c1-13(2)11-17(26)22(33)29-21(14(3)4)24(35)27-18(9-10-20(31)32)23(34)28-19(25(36)37)12-15-5-7-16(30)8-6-15/h5-8,13-14,17-19,21,30H,9-12,26H2,1-4H3,(H,27,35)(H,28,34)(H,29,33)(H,31,32)(H,36,37). The van der Waals surface area contributed by atoms with Crippen molar-refractivity contribution >= 4 is 29.7 Å². The van der Waals surface area contributed by atoms with Gasteiger partial charge in [0.05, 0.1) is 6.04 Å². The molecule has 0 fully saturated rings. The number of carboxylic acids is 2. The minimum atomic E-state index is -1.38. The van der Waals surface area contributed by atoms with E-state index in [4.69, 9.17) is 10.8 Å². The summed E-state index contributed by atoms with van der Waals surface area (Å²) in [5.41, 5.74) is 6.43. The maximum absolute atomic E-state index is 13.0. The predicted molar refractivity (Wildman–Crippen MR) is 134 cm³/mol. The number of phenols is 1. The summed E-state index contributed by atoms with van der Waals surface area (Å²) in [7, 11) is 0. The second kappa shape index (κ2) is 14.8. The molecular formula is C25H38N4O8. The average molecular weight is 523 g/mol. The molecule has 0 heterocycles. The zero-order valence-electron chi connectivity index (χ0n) is 21.6. The van der Waals surface area contributed by atoms with Gasteiger partial charge < -0.3 is 37.0 Å². The molecule has 8 N–H and O–H groups in total.